The van der Waals surface area contributed by atoms with Crippen molar-refractivity contribution in [2.24, 2.45) is 4.99 Å². The van der Waals surface area contributed by atoms with Gasteiger partial charge >= 0.3 is 11.4 Å². The van der Waals surface area contributed by atoms with Crippen LogP contribution in [0, 0.1) is 0 Å². The Kier molecular flexibility index (Phi) is 6.06. The molecule has 0 saturated carbocycles. The second-order valence-corrected chi connectivity index (χ2v) is 7.16. The zero-order valence-electron chi connectivity index (χ0n) is 15.2. The van der Waals surface area contributed by atoms with Crippen molar-refractivity contribution >= 4 is 28.9 Å². The van der Waals surface area contributed by atoms with Gasteiger partial charge in [-0.05, 0) is 49.7 Å². The van der Waals surface area contributed by atoms with Gasteiger partial charge in [-0.2, -0.15) is 0 Å². The van der Waals surface area contributed by atoms with Crippen LogP contribution in [-0.2, 0) is 6.54 Å². The van der Waals surface area contributed by atoms with Crippen molar-refractivity contribution in [1.82, 2.24) is 14.5 Å². The number of nitrogens with one attached hydrogen (secondary N) is 2. The molecule has 0 fully saturated rings. The number of H-pyrrole nitrogens is 2. The summed E-state index contributed by atoms with van der Waals surface area (Å²) in [6, 6.07) is 12.0. The van der Waals surface area contributed by atoms with E-state index in [1.54, 1.807) is 42.5 Å². The van der Waals surface area contributed by atoms with Gasteiger partial charge in [0, 0.05) is 5.02 Å². The highest BCUT2D eigenvalue weighted by Gasteiger charge is 2.07. The largest absolute Gasteiger partial charge is 0.489 e. The molecule has 0 aliphatic rings. The van der Waals surface area contributed by atoms with E-state index in [9.17, 15) is 9.59 Å². The summed E-state index contributed by atoms with van der Waals surface area (Å²) in [6.07, 6.45) is -0.0224. The Hall–Kier alpha value is -2.77. The van der Waals surface area contributed by atoms with Gasteiger partial charge in [-0.3, -0.25) is 14.5 Å². The summed E-state index contributed by atoms with van der Waals surface area (Å²) in [5, 5.41) is 0.971. The lowest BCUT2D eigenvalue weighted by Crippen LogP contribution is -2.44. The number of ether oxygens (including phenoxy) is 1. The molecule has 9 heteroatoms. The molecule has 1 aromatic heterocycles. The van der Waals surface area contributed by atoms with Gasteiger partial charge in [0.15, 0.2) is 0 Å². The third-order valence-corrected chi connectivity index (χ3v) is 4.26. The molecule has 0 amide bonds. The third-order valence-electron chi connectivity index (χ3n) is 3.71. The average Bonchev–Trinajstić information content (AvgIpc) is 2.61. The molecule has 0 radical (unpaired) electrons. The van der Waals surface area contributed by atoms with Crippen LogP contribution in [0.25, 0.3) is 0 Å². The molecule has 2 aromatic carbocycles. The summed E-state index contributed by atoms with van der Waals surface area (Å²) in [5.41, 5.74) is 0.150. The number of aromatic amines is 2. The Morgan fingerprint density at radius 3 is 2.43 bits per heavy atom. The summed E-state index contributed by atoms with van der Waals surface area (Å²) in [5.74, 6) is 0.532. The van der Waals surface area contributed by atoms with Gasteiger partial charge < -0.3 is 4.74 Å². The molecule has 3 aromatic rings. The maximum atomic E-state index is 12.3. The van der Waals surface area contributed by atoms with Crippen molar-refractivity contribution < 1.29 is 4.74 Å². The molecule has 0 aliphatic carbocycles. The van der Waals surface area contributed by atoms with Crippen molar-refractivity contribution in [2.45, 2.75) is 26.5 Å². The second-order valence-electron chi connectivity index (χ2n) is 6.31. The minimum atomic E-state index is -0.651. The van der Waals surface area contributed by atoms with Gasteiger partial charge in [0.1, 0.15) is 5.75 Å². The first-order valence-electron chi connectivity index (χ1n) is 8.50. The Bertz CT molecular complexity index is 1160. The van der Waals surface area contributed by atoms with Crippen molar-refractivity contribution in [2.75, 3.05) is 0 Å². The first kappa shape index (κ1) is 20.0. The van der Waals surface area contributed by atoms with Crippen molar-refractivity contribution in [3.05, 3.63) is 84.7 Å². The molecule has 0 atom stereocenters. The molecular weight excluding hydrogens is 403 g/mol. The number of nitrogens with zero attached hydrogens (tertiary/aromatic N) is 2. The maximum Gasteiger partial charge on any atom is 0.332 e. The highest BCUT2D eigenvalue weighted by atomic mass is 35.5. The number of halogens is 2. The Labute approximate surface area is 170 Å². The van der Waals surface area contributed by atoms with E-state index in [0.717, 1.165) is 5.56 Å². The quantitative estimate of drug-likeness (QED) is 0.663. The van der Waals surface area contributed by atoms with E-state index in [1.807, 2.05) is 13.8 Å². The minimum absolute atomic E-state index is 0.0224. The third kappa shape index (κ3) is 4.94. The fraction of sp³-hybridized carbons (Fsp3) is 0.211. The van der Waals surface area contributed by atoms with E-state index in [0.29, 0.717) is 21.5 Å². The molecule has 0 aliphatic heterocycles. The van der Waals surface area contributed by atoms with Crippen molar-refractivity contribution in [3.8, 4) is 5.75 Å². The summed E-state index contributed by atoms with van der Waals surface area (Å²) in [7, 11) is 0. The Morgan fingerprint density at radius 2 is 1.79 bits per heavy atom. The molecule has 0 spiro atoms. The van der Waals surface area contributed by atoms with Crippen molar-refractivity contribution in [1.29, 1.82) is 0 Å². The van der Waals surface area contributed by atoms with Gasteiger partial charge in [0.2, 0.25) is 5.62 Å². The van der Waals surface area contributed by atoms with Crippen LogP contribution in [-0.4, -0.2) is 20.6 Å². The number of aromatic nitrogens is 3. The fourth-order valence-corrected chi connectivity index (χ4v) is 2.84. The minimum Gasteiger partial charge on any atom is -0.489 e. The average molecular weight is 421 g/mol. The highest BCUT2D eigenvalue weighted by molar-refractivity contribution is 6.32. The Balaban J connectivity index is 2.05. The zero-order chi connectivity index (χ0) is 20.3. The highest BCUT2D eigenvalue weighted by Crippen LogP contribution is 2.29. The van der Waals surface area contributed by atoms with Crippen LogP contribution in [0.4, 0.5) is 5.69 Å². The van der Waals surface area contributed by atoms with Crippen LogP contribution in [0.3, 0.4) is 0 Å². The number of benzene rings is 2. The van der Waals surface area contributed by atoms with E-state index in [-0.39, 0.29) is 18.3 Å². The number of hydrogen-bond acceptors (Lipinski definition) is 4. The SMILES string of the molecule is CC(C)Oc1ccc(/N=c2/[nH]c(=O)[nH]c(=O)n2Cc2ccc(Cl)cc2)cc1Cl. The lowest BCUT2D eigenvalue weighted by Gasteiger charge is -2.11. The van der Waals surface area contributed by atoms with Crippen LogP contribution in [0.1, 0.15) is 19.4 Å². The summed E-state index contributed by atoms with van der Waals surface area (Å²) < 4.78 is 6.91. The lowest BCUT2D eigenvalue weighted by molar-refractivity contribution is 0.242. The summed E-state index contributed by atoms with van der Waals surface area (Å²) >= 11 is 12.1. The molecule has 2 N–H and O–H groups in total. The normalized spacial score (nSPS) is 11.8. The second kappa shape index (κ2) is 8.50. The number of hydrogen-bond donors (Lipinski definition) is 2. The zero-order valence-corrected chi connectivity index (χ0v) is 16.7. The molecule has 3 rings (SSSR count). The van der Waals surface area contributed by atoms with Gasteiger partial charge in [0.05, 0.1) is 23.4 Å². The van der Waals surface area contributed by atoms with E-state index < -0.39 is 11.4 Å². The molecule has 146 valence electrons. The van der Waals surface area contributed by atoms with E-state index in [2.05, 4.69) is 15.0 Å². The molecule has 0 unspecified atom stereocenters. The van der Waals surface area contributed by atoms with Gasteiger partial charge in [-0.25, -0.2) is 14.6 Å². The molecule has 0 saturated heterocycles. The van der Waals surface area contributed by atoms with Gasteiger partial charge in [-0.15, -0.1) is 0 Å². The summed E-state index contributed by atoms with van der Waals surface area (Å²) in [4.78, 5) is 33.2. The molecular formula is C19H18Cl2N4O3. The van der Waals surface area contributed by atoms with Crippen LogP contribution in [0.2, 0.25) is 10.0 Å². The van der Waals surface area contributed by atoms with E-state index >= 15 is 0 Å². The number of rotatable bonds is 5. The van der Waals surface area contributed by atoms with Crippen LogP contribution < -0.4 is 21.7 Å². The molecule has 0 bridgehead atoms. The molecule has 1 heterocycles. The van der Waals surface area contributed by atoms with Gasteiger partial charge in [-0.1, -0.05) is 35.3 Å². The van der Waals surface area contributed by atoms with Crippen LogP contribution in [0.15, 0.2) is 57.0 Å². The van der Waals surface area contributed by atoms with Gasteiger partial charge in [0.25, 0.3) is 0 Å². The predicted molar refractivity (Wildman–Crippen MR) is 109 cm³/mol. The standard InChI is InChI=1S/C19H18Cl2N4O3/c1-11(2)28-16-8-7-14(9-15(16)21)22-17-23-18(26)24-19(27)25(17)10-12-3-5-13(20)6-4-12/h3-9,11H,10H2,1-2H3,(H2,22,23,24,26,27). The molecule has 7 nitrogen and oxygen atoms in total. The fourth-order valence-electron chi connectivity index (χ4n) is 2.50. The van der Waals surface area contributed by atoms with E-state index in [1.165, 1.54) is 4.57 Å². The topological polar surface area (TPSA) is 92.2 Å². The maximum absolute atomic E-state index is 12.3. The smallest absolute Gasteiger partial charge is 0.332 e. The monoisotopic (exact) mass is 420 g/mol. The Morgan fingerprint density at radius 1 is 1.07 bits per heavy atom. The first-order chi connectivity index (χ1) is 13.3. The first-order valence-corrected chi connectivity index (χ1v) is 9.26. The molecule has 28 heavy (non-hydrogen) atoms. The van der Waals surface area contributed by atoms with Crippen LogP contribution in [0.5, 0.6) is 5.75 Å². The van der Waals surface area contributed by atoms with Crippen LogP contribution >= 0.6 is 23.2 Å². The predicted octanol–water partition coefficient (Wildman–Crippen LogP) is 3.24. The lowest BCUT2D eigenvalue weighted by atomic mass is 10.2. The van der Waals surface area contributed by atoms with Crippen molar-refractivity contribution in [3.63, 3.8) is 0 Å². The summed E-state index contributed by atoms with van der Waals surface area (Å²) in [6.45, 7) is 3.99. The van der Waals surface area contributed by atoms with E-state index in [4.69, 9.17) is 27.9 Å².